The van der Waals surface area contributed by atoms with Gasteiger partial charge in [0.1, 0.15) is 5.75 Å². The average molecular weight is 297 g/mol. The van der Waals surface area contributed by atoms with Gasteiger partial charge in [0.15, 0.2) is 0 Å². The molecule has 0 radical (unpaired) electrons. The van der Waals surface area contributed by atoms with Gasteiger partial charge in [-0.3, -0.25) is 9.59 Å². The molecule has 1 aliphatic rings. The summed E-state index contributed by atoms with van der Waals surface area (Å²) in [5, 5.41) is 13.9. The zero-order valence-electron chi connectivity index (χ0n) is 11.4. The smallest absolute Gasteiger partial charge is 0.308 e. The third kappa shape index (κ3) is 3.50. The van der Waals surface area contributed by atoms with Crippen molar-refractivity contribution in [2.24, 2.45) is 5.92 Å². The molecule has 0 saturated heterocycles. The fourth-order valence-electron chi connectivity index (χ4n) is 2.56. The molecule has 1 aliphatic carbocycles. The highest BCUT2D eigenvalue weighted by molar-refractivity contribution is 7.12. The van der Waals surface area contributed by atoms with E-state index in [9.17, 15) is 14.7 Å². The van der Waals surface area contributed by atoms with E-state index in [1.807, 2.05) is 0 Å². The molecule has 1 fully saturated rings. The molecule has 2 atom stereocenters. The average Bonchev–Trinajstić information content (AvgIpc) is 2.79. The summed E-state index contributed by atoms with van der Waals surface area (Å²) in [4.78, 5) is 24.0. The molecule has 2 rings (SSSR count). The van der Waals surface area contributed by atoms with Gasteiger partial charge in [-0.15, -0.1) is 11.3 Å². The number of nitrogens with one attached hydrogen (secondary N) is 1. The van der Waals surface area contributed by atoms with Crippen LogP contribution in [0.25, 0.3) is 0 Å². The second kappa shape index (κ2) is 6.74. The molecular formula is C14H19NO4S. The third-order valence-corrected chi connectivity index (χ3v) is 4.59. The number of rotatable bonds is 4. The van der Waals surface area contributed by atoms with Gasteiger partial charge >= 0.3 is 5.97 Å². The van der Waals surface area contributed by atoms with Crippen molar-refractivity contribution in [3.63, 3.8) is 0 Å². The van der Waals surface area contributed by atoms with Crippen LogP contribution in [0.1, 0.15) is 41.8 Å². The highest BCUT2D eigenvalue weighted by atomic mass is 32.1. The van der Waals surface area contributed by atoms with E-state index < -0.39 is 11.9 Å². The second-order valence-electron chi connectivity index (χ2n) is 5.01. The Morgan fingerprint density at radius 1 is 1.35 bits per heavy atom. The van der Waals surface area contributed by atoms with Gasteiger partial charge in [0.25, 0.3) is 5.91 Å². The first kappa shape index (κ1) is 14.8. The first-order valence-electron chi connectivity index (χ1n) is 6.78. The first-order valence-corrected chi connectivity index (χ1v) is 7.66. The van der Waals surface area contributed by atoms with Crippen molar-refractivity contribution in [2.45, 2.75) is 38.1 Å². The van der Waals surface area contributed by atoms with Gasteiger partial charge in [-0.05, 0) is 12.8 Å². The third-order valence-electron chi connectivity index (χ3n) is 3.68. The first-order chi connectivity index (χ1) is 9.61. The van der Waals surface area contributed by atoms with Crippen molar-refractivity contribution in [1.82, 2.24) is 5.32 Å². The van der Waals surface area contributed by atoms with Gasteiger partial charge in [0.05, 0.1) is 17.9 Å². The van der Waals surface area contributed by atoms with E-state index >= 15 is 0 Å². The Bertz CT molecular complexity index is 485. The number of hydrogen-bond acceptors (Lipinski definition) is 4. The predicted octanol–water partition coefficient (Wildman–Crippen LogP) is 2.52. The lowest BCUT2D eigenvalue weighted by atomic mass is 9.95. The summed E-state index contributed by atoms with van der Waals surface area (Å²) >= 11 is 1.30. The standard InChI is InChI=1S/C14H19NO4S/c1-19-9-7-12(20-8-9)13(16)15-11-6-4-2-3-5-10(11)14(17)18/h7-8,10-11H,2-6H2,1H3,(H,15,16)(H,17,18). The molecule has 1 aromatic heterocycles. The minimum absolute atomic E-state index is 0.212. The van der Waals surface area contributed by atoms with Crippen molar-refractivity contribution in [3.05, 3.63) is 16.3 Å². The number of carboxylic acids is 1. The van der Waals surface area contributed by atoms with Crippen LogP contribution >= 0.6 is 11.3 Å². The fourth-order valence-corrected chi connectivity index (χ4v) is 3.32. The Hall–Kier alpha value is -1.56. The summed E-state index contributed by atoms with van der Waals surface area (Å²) in [6.07, 6.45) is 4.26. The zero-order chi connectivity index (χ0) is 14.5. The predicted molar refractivity (Wildman–Crippen MR) is 76.3 cm³/mol. The minimum atomic E-state index is -0.819. The Kier molecular flexibility index (Phi) is 5.00. The molecule has 2 unspecified atom stereocenters. The van der Waals surface area contributed by atoms with Gasteiger partial charge in [0, 0.05) is 17.5 Å². The monoisotopic (exact) mass is 297 g/mol. The van der Waals surface area contributed by atoms with Gasteiger partial charge < -0.3 is 15.2 Å². The second-order valence-corrected chi connectivity index (χ2v) is 5.92. The minimum Gasteiger partial charge on any atom is -0.496 e. The van der Waals surface area contributed by atoms with Gasteiger partial charge in [0.2, 0.25) is 0 Å². The van der Waals surface area contributed by atoms with Gasteiger partial charge in [-0.25, -0.2) is 0 Å². The summed E-state index contributed by atoms with van der Waals surface area (Å²) in [7, 11) is 1.55. The number of thiophene rings is 1. The van der Waals surface area contributed by atoms with Crippen LogP contribution in [0.3, 0.4) is 0 Å². The quantitative estimate of drug-likeness (QED) is 0.837. The van der Waals surface area contributed by atoms with Crippen molar-refractivity contribution in [2.75, 3.05) is 7.11 Å². The molecule has 5 nitrogen and oxygen atoms in total. The Morgan fingerprint density at radius 2 is 2.10 bits per heavy atom. The molecule has 20 heavy (non-hydrogen) atoms. The van der Waals surface area contributed by atoms with E-state index in [2.05, 4.69) is 5.32 Å². The summed E-state index contributed by atoms with van der Waals surface area (Å²) < 4.78 is 5.05. The van der Waals surface area contributed by atoms with Crippen LogP contribution < -0.4 is 10.1 Å². The SMILES string of the molecule is COc1csc(C(=O)NC2CCCCCC2C(=O)O)c1. The Balaban J connectivity index is 2.05. The van der Waals surface area contributed by atoms with Crippen LogP contribution in [-0.2, 0) is 4.79 Å². The highest BCUT2D eigenvalue weighted by Gasteiger charge is 2.31. The number of carbonyl (C=O) groups is 2. The van der Waals surface area contributed by atoms with E-state index in [1.165, 1.54) is 11.3 Å². The van der Waals surface area contributed by atoms with Crippen molar-refractivity contribution in [3.8, 4) is 5.75 Å². The van der Waals surface area contributed by atoms with Crippen LogP contribution in [-0.4, -0.2) is 30.1 Å². The molecule has 2 N–H and O–H groups in total. The van der Waals surface area contributed by atoms with Crippen molar-refractivity contribution in [1.29, 1.82) is 0 Å². The maximum Gasteiger partial charge on any atom is 0.308 e. The number of aliphatic carboxylic acids is 1. The van der Waals surface area contributed by atoms with E-state index in [0.717, 1.165) is 25.7 Å². The number of carbonyl (C=O) groups excluding carboxylic acids is 1. The maximum atomic E-state index is 12.2. The summed E-state index contributed by atoms with van der Waals surface area (Å²) in [5.41, 5.74) is 0. The topological polar surface area (TPSA) is 75.6 Å². The fraction of sp³-hybridized carbons (Fsp3) is 0.571. The molecule has 110 valence electrons. The van der Waals surface area contributed by atoms with Crippen molar-refractivity contribution < 1.29 is 19.4 Å². The molecule has 1 aromatic rings. The largest absolute Gasteiger partial charge is 0.496 e. The number of hydrogen-bond donors (Lipinski definition) is 2. The Morgan fingerprint density at radius 3 is 2.75 bits per heavy atom. The highest BCUT2D eigenvalue weighted by Crippen LogP contribution is 2.25. The summed E-state index contributed by atoms with van der Waals surface area (Å²) in [6, 6.07) is 1.39. The molecule has 0 aromatic carbocycles. The molecule has 1 saturated carbocycles. The van der Waals surface area contributed by atoms with Crippen LogP contribution in [0, 0.1) is 5.92 Å². The van der Waals surface area contributed by atoms with Gasteiger partial charge in [-0.1, -0.05) is 19.3 Å². The Labute approximate surface area is 121 Å². The zero-order valence-corrected chi connectivity index (χ0v) is 12.2. The van der Waals surface area contributed by atoms with E-state index in [-0.39, 0.29) is 11.9 Å². The van der Waals surface area contributed by atoms with Crippen LogP contribution in [0.15, 0.2) is 11.4 Å². The number of methoxy groups -OCH3 is 1. The lowest BCUT2D eigenvalue weighted by Gasteiger charge is -2.22. The number of carboxylic acid groups (broad SMARTS) is 1. The molecule has 0 bridgehead atoms. The van der Waals surface area contributed by atoms with E-state index in [1.54, 1.807) is 18.6 Å². The van der Waals surface area contributed by atoms with Crippen LogP contribution in [0.4, 0.5) is 0 Å². The lowest BCUT2D eigenvalue weighted by molar-refractivity contribution is -0.142. The van der Waals surface area contributed by atoms with E-state index in [4.69, 9.17) is 4.74 Å². The maximum absolute atomic E-state index is 12.2. The van der Waals surface area contributed by atoms with E-state index in [0.29, 0.717) is 17.0 Å². The van der Waals surface area contributed by atoms with Crippen molar-refractivity contribution >= 4 is 23.2 Å². The molecule has 1 heterocycles. The number of ether oxygens (including phenoxy) is 1. The summed E-state index contributed by atoms with van der Waals surface area (Å²) in [6.45, 7) is 0. The lowest BCUT2D eigenvalue weighted by Crippen LogP contribution is -2.42. The van der Waals surface area contributed by atoms with Gasteiger partial charge in [-0.2, -0.15) is 0 Å². The van der Waals surface area contributed by atoms with Crippen LogP contribution in [0.5, 0.6) is 5.75 Å². The summed E-state index contributed by atoms with van der Waals surface area (Å²) in [5.74, 6) is -0.864. The molecular weight excluding hydrogens is 278 g/mol. The van der Waals surface area contributed by atoms with Crippen LogP contribution in [0.2, 0.25) is 0 Å². The molecule has 6 heteroatoms. The molecule has 0 aliphatic heterocycles. The number of amides is 1. The molecule has 0 spiro atoms. The molecule has 1 amide bonds. The normalized spacial score (nSPS) is 22.9.